The number of carbonyl (C=O) groups is 3. The Kier molecular flexibility index (Phi) is 6.70. The Balaban J connectivity index is 1.89. The fraction of sp³-hybridized carbons (Fsp3) is 0.192. The van der Waals surface area contributed by atoms with Crippen LogP contribution in [0.25, 0.3) is 16.8 Å². The normalized spacial score (nSPS) is 15.1. The van der Waals surface area contributed by atoms with E-state index in [9.17, 15) is 14.4 Å². The summed E-state index contributed by atoms with van der Waals surface area (Å²) in [6.45, 7) is 6.43. The molecule has 0 saturated carbocycles. The van der Waals surface area contributed by atoms with E-state index in [1.54, 1.807) is 31.2 Å². The van der Waals surface area contributed by atoms with E-state index in [1.165, 1.54) is 6.08 Å². The van der Waals surface area contributed by atoms with Crippen LogP contribution < -0.4 is 19.7 Å². The molecule has 0 aliphatic carbocycles. The third-order valence-corrected chi connectivity index (χ3v) is 5.89. The highest BCUT2D eigenvalue weighted by Gasteiger charge is 2.37. The molecule has 4 amide bonds. The zero-order chi connectivity index (χ0) is 24.4. The number of halogens is 1. The number of nitrogens with zero attached hydrogens (tertiary/aromatic N) is 1. The van der Waals surface area contributed by atoms with Crippen LogP contribution in [0.15, 0.2) is 58.6 Å². The fourth-order valence-electron chi connectivity index (χ4n) is 3.88. The molecule has 1 aliphatic heterocycles. The number of amides is 4. The van der Waals surface area contributed by atoms with Crippen molar-refractivity contribution in [1.82, 2.24) is 5.32 Å². The molecule has 0 unspecified atom stereocenters. The lowest BCUT2D eigenvalue weighted by atomic mass is 9.99. The van der Waals surface area contributed by atoms with Crippen LogP contribution in [0.5, 0.6) is 11.5 Å². The van der Waals surface area contributed by atoms with E-state index < -0.39 is 17.8 Å². The minimum atomic E-state index is -0.792. The third-order valence-electron chi connectivity index (χ3n) is 5.40. The summed E-state index contributed by atoms with van der Waals surface area (Å²) in [6, 6.07) is 13.7. The summed E-state index contributed by atoms with van der Waals surface area (Å²) in [5.74, 6) is -0.300. The van der Waals surface area contributed by atoms with Gasteiger partial charge in [0.25, 0.3) is 11.8 Å². The Bertz CT molecular complexity index is 1340. The van der Waals surface area contributed by atoms with Crippen molar-refractivity contribution in [3.63, 3.8) is 0 Å². The van der Waals surface area contributed by atoms with Gasteiger partial charge in [0.05, 0.1) is 18.9 Å². The first-order valence-corrected chi connectivity index (χ1v) is 11.6. The van der Waals surface area contributed by atoms with Gasteiger partial charge in [-0.05, 0) is 79.6 Å². The van der Waals surface area contributed by atoms with E-state index in [2.05, 4.69) is 21.2 Å². The van der Waals surface area contributed by atoms with Gasteiger partial charge in [0, 0.05) is 10.0 Å². The van der Waals surface area contributed by atoms with Gasteiger partial charge in [-0.25, -0.2) is 9.69 Å². The van der Waals surface area contributed by atoms with Gasteiger partial charge in [0.15, 0.2) is 0 Å². The standard InChI is InChI=1S/C26H23BrN2O5/c1-4-33-18-9-6-16-7-11-23(34-5-2)20(19(16)13-18)14-21-24(30)28-26(32)29(25(21)31)22-10-8-17(27)12-15(22)3/h6-14H,4-5H2,1-3H3,(H,28,30,32)/b21-14+. The van der Waals surface area contributed by atoms with Crippen molar-refractivity contribution < 1.29 is 23.9 Å². The number of fused-ring (bicyclic) bond motifs is 1. The second-order valence-corrected chi connectivity index (χ2v) is 8.53. The smallest absolute Gasteiger partial charge is 0.335 e. The summed E-state index contributed by atoms with van der Waals surface area (Å²) < 4.78 is 12.3. The Labute approximate surface area is 205 Å². The highest BCUT2D eigenvalue weighted by Crippen LogP contribution is 2.34. The van der Waals surface area contributed by atoms with Gasteiger partial charge in [-0.15, -0.1) is 0 Å². The molecular weight excluding hydrogens is 500 g/mol. The SMILES string of the molecule is CCOc1ccc2ccc(OCC)c(/C=C3\C(=O)NC(=O)N(c4ccc(Br)cc4C)C3=O)c2c1. The van der Waals surface area contributed by atoms with Crippen LogP contribution in [0.2, 0.25) is 0 Å². The van der Waals surface area contributed by atoms with E-state index in [1.807, 2.05) is 38.1 Å². The number of aryl methyl sites for hydroxylation is 1. The maximum Gasteiger partial charge on any atom is 0.335 e. The fourth-order valence-corrected chi connectivity index (χ4v) is 4.35. The van der Waals surface area contributed by atoms with Crippen molar-refractivity contribution in [3.8, 4) is 11.5 Å². The lowest BCUT2D eigenvalue weighted by Gasteiger charge is -2.27. The number of hydrogen-bond donors (Lipinski definition) is 1. The molecule has 3 aromatic carbocycles. The van der Waals surface area contributed by atoms with E-state index in [-0.39, 0.29) is 5.57 Å². The number of rotatable bonds is 6. The van der Waals surface area contributed by atoms with Crippen LogP contribution in [0.3, 0.4) is 0 Å². The van der Waals surface area contributed by atoms with Gasteiger partial charge in [-0.3, -0.25) is 14.9 Å². The summed E-state index contributed by atoms with van der Waals surface area (Å²) in [5.41, 5.74) is 1.48. The van der Waals surface area contributed by atoms with Crippen molar-refractivity contribution in [1.29, 1.82) is 0 Å². The largest absolute Gasteiger partial charge is 0.494 e. The molecule has 1 fully saturated rings. The first-order chi connectivity index (χ1) is 16.3. The first kappa shape index (κ1) is 23.5. The molecule has 0 atom stereocenters. The molecule has 0 radical (unpaired) electrons. The molecule has 1 aliphatic rings. The summed E-state index contributed by atoms with van der Waals surface area (Å²) >= 11 is 3.39. The van der Waals surface area contributed by atoms with Gasteiger partial charge in [0.2, 0.25) is 0 Å². The van der Waals surface area contributed by atoms with Crippen molar-refractivity contribution in [2.45, 2.75) is 20.8 Å². The second kappa shape index (κ2) is 9.69. The Morgan fingerprint density at radius 3 is 2.41 bits per heavy atom. The lowest BCUT2D eigenvalue weighted by molar-refractivity contribution is -0.122. The Morgan fingerprint density at radius 1 is 0.971 bits per heavy atom. The molecule has 0 aromatic heterocycles. The minimum Gasteiger partial charge on any atom is -0.494 e. The van der Waals surface area contributed by atoms with Gasteiger partial charge >= 0.3 is 6.03 Å². The molecule has 8 heteroatoms. The molecule has 4 rings (SSSR count). The average Bonchev–Trinajstić information content (AvgIpc) is 2.79. The molecule has 34 heavy (non-hydrogen) atoms. The van der Waals surface area contributed by atoms with Gasteiger partial charge in [-0.1, -0.05) is 28.1 Å². The van der Waals surface area contributed by atoms with Crippen LogP contribution in [0.1, 0.15) is 25.0 Å². The highest BCUT2D eigenvalue weighted by molar-refractivity contribution is 9.10. The molecular formula is C26H23BrN2O5. The summed E-state index contributed by atoms with van der Waals surface area (Å²) in [4.78, 5) is 39.9. The molecule has 0 bridgehead atoms. The number of anilines is 1. The molecule has 1 heterocycles. The number of imide groups is 2. The number of carbonyl (C=O) groups excluding carboxylic acids is 3. The van der Waals surface area contributed by atoms with Crippen molar-refractivity contribution in [3.05, 3.63) is 69.7 Å². The molecule has 0 spiro atoms. The summed E-state index contributed by atoms with van der Waals surface area (Å²) in [7, 11) is 0. The van der Waals surface area contributed by atoms with E-state index in [4.69, 9.17) is 9.47 Å². The van der Waals surface area contributed by atoms with Crippen LogP contribution in [-0.2, 0) is 9.59 Å². The zero-order valence-electron chi connectivity index (χ0n) is 19.0. The first-order valence-electron chi connectivity index (χ1n) is 10.8. The van der Waals surface area contributed by atoms with E-state index >= 15 is 0 Å². The maximum absolute atomic E-state index is 13.5. The number of hydrogen-bond acceptors (Lipinski definition) is 5. The summed E-state index contributed by atoms with van der Waals surface area (Å²) in [5, 5.41) is 3.93. The minimum absolute atomic E-state index is 0.169. The number of barbiturate groups is 1. The molecule has 1 saturated heterocycles. The van der Waals surface area contributed by atoms with Crippen molar-refractivity contribution in [2.75, 3.05) is 18.1 Å². The number of ether oxygens (including phenoxy) is 2. The highest BCUT2D eigenvalue weighted by atomic mass is 79.9. The predicted octanol–water partition coefficient (Wildman–Crippen LogP) is 5.37. The average molecular weight is 523 g/mol. The van der Waals surface area contributed by atoms with Crippen LogP contribution in [-0.4, -0.2) is 31.1 Å². The molecule has 1 N–H and O–H groups in total. The monoisotopic (exact) mass is 522 g/mol. The number of benzene rings is 3. The zero-order valence-corrected chi connectivity index (χ0v) is 20.6. The van der Waals surface area contributed by atoms with Crippen molar-refractivity contribution >= 4 is 56.3 Å². The number of nitrogens with one attached hydrogen (secondary N) is 1. The maximum atomic E-state index is 13.5. The Morgan fingerprint density at radius 2 is 1.71 bits per heavy atom. The lowest BCUT2D eigenvalue weighted by Crippen LogP contribution is -2.54. The second-order valence-electron chi connectivity index (χ2n) is 7.62. The predicted molar refractivity (Wildman–Crippen MR) is 134 cm³/mol. The van der Waals surface area contributed by atoms with E-state index in [0.29, 0.717) is 41.5 Å². The summed E-state index contributed by atoms with van der Waals surface area (Å²) in [6.07, 6.45) is 1.48. The molecule has 3 aromatic rings. The van der Waals surface area contributed by atoms with Crippen LogP contribution >= 0.6 is 15.9 Å². The van der Waals surface area contributed by atoms with E-state index in [0.717, 1.165) is 20.1 Å². The molecule has 7 nitrogen and oxygen atoms in total. The number of urea groups is 1. The van der Waals surface area contributed by atoms with Crippen LogP contribution in [0.4, 0.5) is 10.5 Å². The van der Waals surface area contributed by atoms with Gasteiger partial charge in [-0.2, -0.15) is 0 Å². The van der Waals surface area contributed by atoms with Gasteiger partial charge < -0.3 is 9.47 Å². The van der Waals surface area contributed by atoms with Crippen LogP contribution in [0, 0.1) is 6.92 Å². The topological polar surface area (TPSA) is 84.9 Å². The van der Waals surface area contributed by atoms with Crippen molar-refractivity contribution in [2.24, 2.45) is 0 Å². The van der Waals surface area contributed by atoms with Gasteiger partial charge in [0.1, 0.15) is 17.1 Å². The molecule has 174 valence electrons. The third kappa shape index (κ3) is 4.41. The Hall–Kier alpha value is -3.65. The quantitative estimate of drug-likeness (QED) is 0.347.